The molecule has 0 N–H and O–H groups in total. The van der Waals surface area contributed by atoms with E-state index in [0.29, 0.717) is 6.42 Å². The van der Waals surface area contributed by atoms with E-state index in [1.54, 1.807) is 6.08 Å². The number of hydrogen-bond acceptors (Lipinski definition) is 2. The van der Waals surface area contributed by atoms with Gasteiger partial charge in [0.1, 0.15) is 0 Å². The quantitative estimate of drug-likeness (QED) is 0.725. The van der Waals surface area contributed by atoms with Crippen molar-refractivity contribution < 1.29 is 0 Å². The van der Waals surface area contributed by atoms with E-state index in [2.05, 4.69) is 18.7 Å². The summed E-state index contributed by atoms with van der Waals surface area (Å²) in [7, 11) is 0. The van der Waals surface area contributed by atoms with Crippen molar-refractivity contribution in [3.05, 3.63) is 48.0 Å². The van der Waals surface area contributed by atoms with Gasteiger partial charge in [-0.25, -0.2) is 0 Å². The van der Waals surface area contributed by atoms with Gasteiger partial charge in [0.15, 0.2) is 5.41 Å². The van der Waals surface area contributed by atoms with Gasteiger partial charge < -0.3 is 0 Å². The molecule has 2 nitrogen and oxygen atoms in total. The fourth-order valence-corrected chi connectivity index (χ4v) is 2.31. The highest BCUT2D eigenvalue weighted by atomic mass is 14.5. The van der Waals surface area contributed by atoms with Gasteiger partial charge in [-0.2, -0.15) is 10.5 Å². The van der Waals surface area contributed by atoms with Crippen molar-refractivity contribution in [2.75, 3.05) is 0 Å². The lowest BCUT2D eigenvalue weighted by Gasteiger charge is -2.27. The maximum Gasteiger partial charge on any atom is 0.154 e. The second kappa shape index (κ2) is 6.03. The van der Waals surface area contributed by atoms with E-state index in [-0.39, 0.29) is 5.92 Å². The lowest BCUT2D eigenvalue weighted by atomic mass is 9.70. The van der Waals surface area contributed by atoms with Gasteiger partial charge in [0, 0.05) is 5.92 Å². The normalized spacial score (nSPS) is 12.2. The Bertz CT molecular complexity index is 471. The van der Waals surface area contributed by atoms with Crippen LogP contribution in [0.4, 0.5) is 0 Å². The largest absolute Gasteiger partial charge is 0.197 e. The average Bonchev–Trinajstić information content (AvgIpc) is 2.40. The standard InChI is InChI=1S/C16H18N2/c1-4-10-16(11-17,12-18)15(5-2)14-8-6-13(3)7-9-14/h4,6-9,15H,1,5,10H2,2-3H3. The lowest BCUT2D eigenvalue weighted by molar-refractivity contribution is 0.403. The zero-order valence-electron chi connectivity index (χ0n) is 11.0. The van der Waals surface area contributed by atoms with Gasteiger partial charge in [0.25, 0.3) is 0 Å². The third-order valence-electron chi connectivity index (χ3n) is 3.35. The van der Waals surface area contributed by atoms with E-state index in [9.17, 15) is 10.5 Å². The average molecular weight is 238 g/mol. The number of nitriles is 2. The fraction of sp³-hybridized carbons (Fsp3) is 0.375. The minimum atomic E-state index is -1.01. The van der Waals surface area contributed by atoms with Crippen LogP contribution < -0.4 is 0 Å². The Kier molecular flexibility index (Phi) is 4.69. The first kappa shape index (κ1) is 14.0. The Morgan fingerprint density at radius 2 is 1.83 bits per heavy atom. The molecule has 0 saturated heterocycles. The first-order chi connectivity index (χ1) is 8.63. The van der Waals surface area contributed by atoms with E-state index in [1.807, 2.05) is 38.1 Å². The highest BCUT2D eigenvalue weighted by Crippen LogP contribution is 2.40. The van der Waals surface area contributed by atoms with E-state index in [0.717, 1.165) is 12.0 Å². The molecule has 0 aliphatic heterocycles. The van der Waals surface area contributed by atoms with Crippen LogP contribution in [0.1, 0.15) is 36.8 Å². The molecule has 1 rings (SSSR count). The van der Waals surface area contributed by atoms with Gasteiger partial charge >= 0.3 is 0 Å². The van der Waals surface area contributed by atoms with Crippen LogP contribution in [-0.4, -0.2) is 0 Å². The second-order valence-electron chi connectivity index (χ2n) is 4.56. The summed E-state index contributed by atoms with van der Waals surface area (Å²) in [6, 6.07) is 12.5. The van der Waals surface area contributed by atoms with Crippen LogP contribution in [0.2, 0.25) is 0 Å². The van der Waals surface area contributed by atoms with E-state index < -0.39 is 5.41 Å². The summed E-state index contributed by atoms with van der Waals surface area (Å²) in [6.45, 7) is 7.70. The molecule has 0 saturated carbocycles. The molecular formula is C16H18N2. The Morgan fingerprint density at radius 3 is 2.22 bits per heavy atom. The molecule has 0 heterocycles. The molecule has 0 aromatic heterocycles. The first-order valence-electron chi connectivity index (χ1n) is 6.13. The molecule has 1 unspecified atom stereocenters. The Labute approximate surface area is 109 Å². The Balaban J connectivity index is 3.23. The predicted octanol–water partition coefficient (Wildman–Crippen LogP) is 4.10. The summed E-state index contributed by atoms with van der Waals surface area (Å²) in [5.74, 6) is -0.0777. The molecule has 18 heavy (non-hydrogen) atoms. The molecule has 1 atom stereocenters. The smallest absolute Gasteiger partial charge is 0.154 e. The minimum absolute atomic E-state index is 0.0777. The third-order valence-corrected chi connectivity index (χ3v) is 3.35. The molecule has 0 aliphatic carbocycles. The molecule has 0 aliphatic rings. The van der Waals surface area contributed by atoms with Crippen molar-refractivity contribution in [3.63, 3.8) is 0 Å². The molecular weight excluding hydrogens is 220 g/mol. The van der Waals surface area contributed by atoms with Gasteiger partial charge in [-0.15, -0.1) is 6.58 Å². The maximum absolute atomic E-state index is 9.40. The molecule has 0 spiro atoms. The molecule has 92 valence electrons. The van der Waals surface area contributed by atoms with Gasteiger partial charge in [-0.1, -0.05) is 42.8 Å². The van der Waals surface area contributed by atoms with Crippen LogP contribution in [0, 0.1) is 35.0 Å². The van der Waals surface area contributed by atoms with Crippen LogP contribution in [0.3, 0.4) is 0 Å². The second-order valence-corrected chi connectivity index (χ2v) is 4.56. The minimum Gasteiger partial charge on any atom is -0.197 e. The molecule has 0 fully saturated rings. The van der Waals surface area contributed by atoms with Crippen molar-refractivity contribution in [2.45, 2.75) is 32.6 Å². The summed E-state index contributed by atoms with van der Waals surface area (Å²) < 4.78 is 0. The zero-order chi connectivity index (χ0) is 13.6. The van der Waals surface area contributed by atoms with Crippen molar-refractivity contribution >= 4 is 0 Å². The van der Waals surface area contributed by atoms with E-state index >= 15 is 0 Å². The van der Waals surface area contributed by atoms with Gasteiger partial charge in [-0.3, -0.25) is 0 Å². The Hall–Kier alpha value is -2.06. The van der Waals surface area contributed by atoms with Crippen LogP contribution in [0.5, 0.6) is 0 Å². The summed E-state index contributed by atoms with van der Waals surface area (Å²) in [6.07, 6.45) is 2.81. The van der Waals surface area contributed by atoms with Gasteiger partial charge in [-0.05, 0) is 25.3 Å². The number of rotatable bonds is 5. The highest BCUT2D eigenvalue weighted by molar-refractivity contribution is 5.33. The third kappa shape index (κ3) is 2.60. The van der Waals surface area contributed by atoms with Crippen LogP contribution in [-0.2, 0) is 0 Å². The van der Waals surface area contributed by atoms with E-state index in [4.69, 9.17) is 0 Å². The number of hydrogen-bond donors (Lipinski definition) is 0. The SMILES string of the molecule is C=CCC(C#N)(C#N)C(CC)c1ccc(C)cc1. The van der Waals surface area contributed by atoms with Crippen LogP contribution in [0.15, 0.2) is 36.9 Å². The summed E-state index contributed by atoms with van der Waals surface area (Å²) in [4.78, 5) is 0. The molecule has 1 aromatic rings. The maximum atomic E-state index is 9.40. The van der Waals surface area contributed by atoms with Crippen molar-refractivity contribution in [2.24, 2.45) is 5.41 Å². The monoisotopic (exact) mass is 238 g/mol. The topological polar surface area (TPSA) is 47.6 Å². The summed E-state index contributed by atoms with van der Waals surface area (Å²) in [5, 5.41) is 18.8. The summed E-state index contributed by atoms with van der Waals surface area (Å²) >= 11 is 0. The number of nitrogens with zero attached hydrogens (tertiary/aromatic N) is 2. The number of aryl methyl sites for hydroxylation is 1. The van der Waals surface area contributed by atoms with Crippen LogP contribution >= 0.6 is 0 Å². The van der Waals surface area contributed by atoms with Crippen molar-refractivity contribution in [3.8, 4) is 12.1 Å². The van der Waals surface area contributed by atoms with Crippen molar-refractivity contribution in [1.29, 1.82) is 10.5 Å². The zero-order valence-corrected chi connectivity index (χ0v) is 11.0. The van der Waals surface area contributed by atoms with Gasteiger partial charge in [0.2, 0.25) is 0 Å². The molecule has 0 amide bonds. The van der Waals surface area contributed by atoms with Crippen LogP contribution in [0.25, 0.3) is 0 Å². The Morgan fingerprint density at radius 1 is 1.28 bits per heavy atom. The molecule has 0 bridgehead atoms. The van der Waals surface area contributed by atoms with Gasteiger partial charge in [0.05, 0.1) is 12.1 Å². The number of allylic oxidation sites excluding steroid dienone is 1. The number of benzene rings is 1. The molecule has 2 heteroatoms. The predicted molar refractivity (Wildman–Crippen MR) is 72.7 cm³/mol. The van der Waals surface area contributed by atoms with Crippen molar-refractivity contribution in [1.82, 2.24) is 0 Å². The highest BCUT2D eigenvalue weighted by Gasteiger charge is 2.38. The first-order valence-corrected chi connectivity index (χ1v) is 6.13. The fourth-order valence-electron chi connectivity index (χ4n) is 2.31. The lowest BCUT2D eigenvalue weighted by Crippen LogP contribution is -2.25. The molecule has 0 radical (unpaired) electrons. The molecule has 1 aromatic carbocycles. The summed E-state index contributed by atoms with van der Waals surface area (Å²) in [5.41, 5.74) is 1.22. The van der Waals surface area contributed by atoms with E-state index in [1.165, 1.54) is 5.56 Å².